The molecule has 4 aliphatic rings. The Bertz CT molecular complexity index is 489. The predicted octanol–water partition coefficient (Wildman–Crippen LogP) is 2.91. The van der Waals surface area contributed by atoms with E-state index in [0.29, 0.717) is 24.4 Å². The lowest BCUT2D eigenvalue weighted by Gasteiger charge is -2.61. The molecule has 2 nitrogen and oxygen atoms in total. The minimum absolute atomic E-state index is 0.186. The molecule has 102 valence electrons. The fourth-order valence-corrected chi connectivity index (χ4v) is 4.81. The third-order valence-corrected chi connectivity index (χ3v) is 5.33. The van der Waals surface area contributed by atoms with Crippen LogP contribution in [0.4, 0.5) is 4.39 Å². The molecule has 2 aliphatic carbocycles. The van der Waals surface area contributed by atoms with Crippen LogP contribution in [-0.2, 0) is 6.54 Å². The van der Waals surface area contributed by atoms with Crippen LogP contribution in [0.2, 0.25) is 0 Å². The van der Waals surface area contributed by atoms with Crippen LogP contribution in [0.15, 0.2) is 24.3 Å². The number of halogens is 1. The van der Waals surface area contributed by atoms with Gasteiger partial charge in [0.05, 0.1) is 0 Å². The molecule has 2 saturated heterocycles. The Balaban J connectivity index is 1.61. The molecular weight excluding hydrogens is 241 g/mol. The smallest absolute Gasteiger partial charge is 0.123 e. The van der Waals surface area contributed by atoms with Crippen molar-refractivity contribution in [2.45, 2.75) is 50.4 Å². The number of aliphatic hydroxyl groups is 1. The van der Waals surface area contributed by atoms with Crippen LogP contribution in [0, 0.1) is 17.7 Å². The van der Waals surface area contributed by atoms with E-state index in [-0.39, 0.29) is 5.82 Å². The molecule has 0 amide bonds. The summed E-state index contributed by atoms with van der Waals surface area (Å²) in [6, 6.07) is 7.28. The molecule has 4 fully saturated rings. The minimum atomic E-state index is -0.624. The maximum atomic E-state index is 13.3. The summed E-state index contributed by atoms with van der Waals surface area (Å²) in [5.74, 6) is 1.24. The summed E-state index contributed by atoms with van der Waals surface area (Å²) >= 11 is 0. The van der Waals surface area contributed by atoms with Crippen LogP contribution >= 0.6 is 0 Å². The first-order valence-corrected chi connectivity index (χ1v) is 7.36. The van der Waals surface area contributed by atoms with Crippen molar-refractivity contribution in [3.63, 3.8) is 0 Å². The first-order valence-electron chi connectivity index (χ1n) is 7.36. The van der Waals surface area contributed by atoms with E-state index in [0.717, 1.165) is 18.4 Å². The SMILES string of the molecule is OC12CC3CC(CC(C3)N1Cc1cccc(F)c1)C2. The van der Waals surface area contributed by atoms with Gasteiger partial charge in [-0.15, -0.1) is 0 Å². The summed E-state index contributed by atoms with van der Waals surface area (Å²) in [4.78, 5) is 2.24. The van der Waals surface area contributed by atoms with Crippen LogP contribution in [0.25, 0.3) is 0 Å². The molecule has 2 aliphatic heterocycles. The molecular formula is C16H20FNO. The largest absolute Gasteiger partial charge is 0.376 e. The van der Waals surface area contributed by atoms with Gasteiger partial charge < -0.3 is 5.11 Å². The Morgan fingerprint density at radius 1 is 1.21 bits per heavy atom. The van der Waals surface area contributed by atoms with E-state index in [2.05, 4.69) is 4.90 Å². The van der Waals surface area contributed by atoms with Gasteiger partial charge in [0.25, 0.3) is 0 Å². The molecule has 2 atom stereocenters. The molecule has 0 radical (unpaired) electrons. The molecule has 4 bridgehead atoms. The van der Waals surface area contributed by atoms with Gasteiger partial charge in [0, 0.05) is 12.6 Å². The van der Waals surface area contributed by atoms with Crippen molar-refractivity contribution in [2.75, 3.05) is 0 Å². The van der Waals surface area contributed by atoms with Crippen LogP contribution in [-0.4, -0.2) is 21.8 Å². The quantitative estimate of drug-likeness (QED) is 0.885. The lowest BCUT2D eigenvalue weighted by molar-refractivity contribution is -0.236. The van der Waals surface area contributed by atoms with Gasteiger partial charge in [-0.3, -0.25) is 4.90 Å². The molecule has 1 aromatic carbocycles. The average Bonchev–Trinajstić information content (AvgIpc) is 2.32. The number of hydrogen-bond donors (Lipinski definition) is 1. The lowest BCUT2D eigenvalue weighted by Crippen LogP contribution is -2.65. The summed E-state index contributed by atoms with van der Waals surface area (Å²) in [6.07, 6.45) is 5.57. The molecule has 0 spiro atoms. The molecule has 2 saturated carbocycles. The summed E-state index contributed by atoms with van der Waals surface area (Å²) in [5, 5.41) is 10.9. The zero-order valence-corrected chi connectivity index (χ0v) is 11.1. The highest BCUT2D eigenvalue weighted by Crippen LogP contribution is 2.53. The molecule has 2 heterocycles. The normalized spacial score (nSPS) is 40.8. The van der Waals surface area contributed by atoms with Crippen molar-refractivity contribution < 1.29 is 9.50 Å². The summed E-state index contributed by atoms with van der Waals surface area (Å²) in [5.41, 5.74) is 0.349. The highest BCUT2D eigenvalue weighted by Gasteiger charge is 2.54. The Kier molecular flexibility index (Phi) is 2.52. The zero-order chi connectivity index (χ0) is 13.0. The Morgan fingerprint density at radius 3 is 2.58 bits per heavy atom. The summed E-state index contributed by atoms with van der Waals surface area (Å²) < 4.78 is 13.3. The molecule has 1 N–H and O–H groups in total. The van der Waals surface area contributed by atoms with Gasteiger partial charge in [-0.25, -0.2) is 4.39 Å². The predicted molar refractivity (Wildman–Crippen MR) is 70.7 cm³/mol. The molecule has 0 aromatic heterocycles. The Hall–Kier alpha value is -0.930. The summed E-state index contributed by atoms with van der Waals surface area (Å²) in [6.45, 7) is 0.679. The minimum Gasteiger partial charge on any atom is -0.376 e. The number of nitrogens with zero attached hydrogens (tertiary/aromatic N) is 1. The second-order valence-electron chi connectivity index (χ2n) is 6.74. The molecule has 2 unspecified atom stereocenters. The maximum Gasteiger partial charge on any atom is 0.123 e. The van der Waals surface area contributed by atoms with Gasteiger partial charge in [-0.1, -0.05) is 12.1 Å². The van der Waals surface area contributed by atoms with Crippen molar-refractivity contribution in [3.05, 3.63) is 35.6 Å². The van der Waals surface area contributed by atoms with Gasteiger partial charge in [0.15, 0.2) is 0 Å². The Morgan fingerprint density at radius 2 is 1.95 bits per heavy atom. The lowest BCUT2D eigenvalue weighted by atomic mass is 9.62. The number of hydrogen-bond acceptors (Lipinski definition) is 2. The van der Waals surface area contributed by atoms with Crippen molar-refractivity contribution in [2.24, 2.45) is 11.8 Å². The van der Waals surface area contributed by atoms with Crippen LogP contribution in [0.1, 0.15) is 37.7 Å². The second kappa shape index (κ2) is 4.03. The van der Waals surface area contributed by atoms with Gasteiger partial charge in [0.1, 0.15) is 11.5 Å². The van der Waals surface area contributed by atoms with Gasteiger partial charge >= 0.3 is 0 Å². The average molecular weight is 261 g/mol. The fourth-order valence-electron chi connectivity index (χ4n) is 4.81. The second-order valence-corrected chi connectivity index (χ2v) is 6.74. The van der Waals surface area contributed by atoms with Crippen molar-refractivity contribution in [1.29, 1.82) is 0 Å². The van der Waals surface area contributed by atoms with E-state index < -0.39 is 5.72 Å². The molecule has 5 rings (SSSR count). The first-order chi connectivity index (χ1) is 9.12. The van der Waals surface area contributed by atoms with E-state index in [1.165, 1.54) is 25.3 Å². The van der Waals surface area contributed by atoms with Gasteiger partial charge in [-0.2, -0.15) is 0 Å². The standard InChI is InChI=1S/C16H20FNO/c17-14-3-1-2-11(5-14)10-18-15-6-12-4-13(7-15)9-16(18,19)8-12/h1-3,5,12-13,15,19H,4,6-10H2. The summed E-state index contributed by atoms with van der Waals surface area (Å²) in [7, 11) is 0. The zero-order valence-electron chi connectivity index (χ0n) is 11.1. The first kappa shape index (κ1) is 11.9. The maximum absolute atomic E-state index is 13.3. The van der Waals surface area contributed by atoms with Gasteiger partial charge in [0.2, 0.25) is 0 Å². The third-order valence-electron chi connectivity index (χ3n) is 5.33. The van der Waals surface area contributed by atoms with E-state index in [1.807, 2.05) is 6.07 Å². The number of rotatable bonds is 2. The Labute approximate surface area is 113 Å². The van der Waals surface area contributed by atoms with E-state index >= 15 is 0 Å². The highest BCUT2D eigenvalue weighted by atomic mass is 19.1. The van der Waals surface area contributed by atoms with Crippen LogP contribution in [0.3, 0.4) is 0 Å². The number of benzene rings is 1. The monoisotopic (exact) mass is 261 g/mol. The van der Waals surface area contributed by atoms with Crippen molar-refractivity contribution >= 4 is 0 Å². The van der Waals surface area contributed by atoms with Crippen LogP contribution in [0.5, 0.6) is 0 Å². The van der Waals surface area contributed by atoms with E-state index in [4.69, 9.17) is 0 Å². The molecule has 1 aromatic rings. The number of piperidine rings is 2. The van der Waals surface area contributed by atoms with Gasteiger partial charge in [-0.05, 0) is 61.6 Å². The fraction of sp³-hybridized carbons (Fsp3) is 0.625. The van der Waals surface area contributed by atoms with Crippen molar-refractivity contribution in [1.82, 2.24) is 4.90 Å². The van der Waals surface area contributed by atoms with Crippen molar-refractivity contribution in [3.8, 4) is 0 Å². The molecule has 3 heteroatoms. The highest BCUT2D eigenvalue weighted by molar-refractivity contribution is 5.18. The van der Waals surface area contributed by atoms with E-state index in [1.54, 1.807) is 12.1 Å². The topological polar surface area (TPSA) is 23.5 Å². The molecule has 19 heavy (non-hydrogen) atoms. The van der Waals surface area contributed by atoms with E-state index in [9.17, 15) is 9.50 Å². The van der Waals surface area contributed by atoms with Crippen LogP contribution < -0.4 is 0 Å². The third kappa shape index (κ3) is 1.91.